The number of methoxy groups -OCH3 is 1. The third-order valence-electron chi connectivity index (χ3n) is 4.17. The van der Waals surface area contributed by atoms with Crippen LogP contribution < -0.4 is 0 Å². The Morgan fingerprint density at radius 1 is 1.05 bits per heavy atom. The monoisotopic (exact) mass is 318 g/mol. The Bertz CT molecular complexity index is 519. The van der Waals surface area contributed by atoms with E-state index in [4.69, 9.17) is 4.74 Å². The van der Waals surface area contributed by atoms with E-state index in [0.29, 0.717) is 25.9 Å². The highest BCUT2D eigenvalue weighted by atomic mass is 32.2. The highest BCUT2D eigenvalue weighted by Crippen LogP contribution is 2.26. The zero-order valence-electron chi connectivity index (χ0n) is 12.4. The summed E-state index contributed by atoms with van der Waals surface area (Å²) in [4.78, 5) is 25.9. The molecule has 1 amide bonds. The molecule has 2 unspecified atom stereocenters. The molecule has 2 aliphatic heterocycles. The zero-order valence-corrected chi connectivity index (χ0v) is 13.3. The number of esters is 1. The average molecular weight is 318 g/mol. The highest BCUT2D eigenvalue weighted by Gasteiger charge is 2.42. The maximum atomic E-state index is 12.7. The first-order valence-corrected chi connectivity index (χ1v) is 9.06. The van der Waals surface area contributed by atoms with Gasteiger partial charge in [0.05, 0.1) is 13.4 Å². The van der Waals surface area contributed by atoms with E-state index in [0.717, 1.165) is 25.5 Å². The minimum atomic E-state index is -3.42. The Morgan fingerprint density at radius 2 is 1.71 bits per heavy atom. The molecule has 0 aromatic carbocycles. The largest absolute Gasteiger partial charge is 0.467 e. The van der Waals surface area contributed by atoms with E-state index < -0.39 is 28.1 Å². The van der Waals surface area contributed by atoms with Gasteiger partial charge in [0.2, 0.25) is 15.9 Å². The number of ether oxygens (including phenoxy) is 1. The Balaban J connectivity index is 2.19. The summed E-state index contributed by atoms with van der Waals surface area (Å²) in [5.74, 6) is -0.699. The number of carbonyl (C=O) groups is 2. The van der Waals surface area contributed by atoms with Gasteiger partial charge in [0.15, 0.2) is 0 Å². The summed E-state index contributed by atoms with van der Waals surface area (Å²) >= 11 is 0. The number of amides is 1. The quantitative estimate of drug-likeness (QED) is 0.682. The molecule has 2 rings (SSSR count). The van der Waals surface area contributed by atoms with Crippen LogP contribution in [0.4, 0.5) is 0 Å². The second-order valence-corrected chi connectivity index (χ2v) is 7.53. The first kappa shape index (κ1) is 16.2. The molecule has 2 heterocycles. The molecular weight excluding hydrogens is 296 g/mol. The topological polar surface area (TPSA) is 84.0 Å². The number of hydrogen-bond acceptors (Lipinski definition) is 5. The predicted molar refractivity (Wildman–Crippen MR) is 75.9 cm³/mol. The lowest BCUT2D eigenvalue weighted by atomic mass is 10.0. The SMILES string of the molecule is COC(=O)C1CCCN1C(=O)C1CCCCN1S(C)(=O)=O. The molecule has 120 valence electrons. The van der Waals surface area contributed by atoms with E-state index in [2.05, 4.69) is 0 Å². The van der Waals surface area contributed by atoms with Crippen molar-refractivity contribution in [2.45, 2.75) is 44.2 Å². The van der Waals surface area contributed by atoms with Gasteiger partial charge < -0.3 is 9.64 Å². The van der Waals surface area contributed by atoms with E-state index in [-0.39, 0.29) is 5.91 Å². The summed E-state index contributed by atoms with van der Waals surface area (Å²) < 4.78 is 29.7. The van der Waals surface area contributed by atoms with Crippen LogP contribution >= 0.6 is 0 Å². The molecule has 0 aliphatic carbocycles. The number of likely N-dealkylation sites (tertiary alicyclic amines) is 1. The molecule has 2 atom stereocenters. The Hall–Kier alpha value is -1.15. The van der Waals surface area contributed by atoms with Crippen molar-refractivity contribution in [1.29, 1.82) is 0 Å². The van der Waals surface area contributed by atoms with Crippen LogP contribution in [0, 0.1) is 0 Å². The molecule has 2 aliphatic rings. The summed E-state index contributed by atoms with van der Waals surface area (Å²) in [5, 5.41) is 0. The van der Waals surface area contributed by atoms with Crippen LogP contribution in [0.25, 0.3) is 0 Å². The smallest absolute Gasteiger partial charge is 0.328 e. The van der Waals surface area contributed by atoms with Crippen LogP contribution in [-0.2, 0) is 24.3 Å². The molecule has 0 bridgehead atoms. The van der Waals surface area contributed by atoms with Crippen molar-refractivity contribution in [2.75, 3.05) is 26.5 Å². The molecule has 21 heavy (non-hydrogen) atoms. The van der Waals surface area contributed by atoms with E-state index >= 15 is 0 Å². The molecule has 0 spiro atoms. The van der Waals surface area contributed by atoms with E-state index in [1.165, 1.54) is 16.3 Å². The maximum absolute atomic E-state index is 12.7. The minimum Gasteiger partial charge on any atom is -0.467 e. The van der Waals surface area contributed by atoms with Crippen LogP contribution in [0.3, 0.4) is 0 Å². The van der Waals surface area contributed by atoms with Crippen LogP contribution in [0.5, 0.6) is 0 Å². The summed E-state index contributed by atoms with van der Waals surface area (Å²) in [6.07, 6.45) is 4.52. The summed E-state index contributed by atoms with van der Waals surface area (Å²) in [6.45, 7) is 0.846. The molecule has 0 aromatic heterocycles. The van der Waals surface area contributed by atoms with Crippen LogP contribution in [0.1, 0.15) is 32.1 Å². The summed E-state index contributed by atoms with van der Waals surface area (Å²) in [5.41, 5.74) is 0. The van der Waals surface area contributed by atoms with Gasteiger partial charge in [-0.2, -0.15) is 4.31 Å². The van der Waals surface area contributed by atoms with Gasteiger partial charge in [0.25, 0.3) is 0 Å². The number of nitrogens with zero attached hydrogens (tertiary/aromatic N) is 2. The van der Waals surface area contributed by atoms with Crippen LogP contribution in [-0.4, -0.2) is 68.0 Å². The van der Waals surface area contributed by atoms with Crippen LogP contribution in [0.2, 0.25) is 0 Å². The highest BCUT2D eigenvalue weighted by molar-refractivity contribution is 7.88. The predicted octanol–water partition coefficient (Wildman–Crippen LogP) is -0.0355. The molecule has 0 radical (unpaired) electrons. The van der Waals surface area contributed by atoms with Crippen molar-refractivity contribution in [1.82, 2.24) is 9.21 Å². The second kappa shape index (κ2) is 6.31. The average Bonchev–Trinajstić information content (AvgIpc) is 2.94. The second-order valence-electron chi connectivity index (χ2n) is 5.60. The zero-order chi connectivity index (χ0) is 15.6. The standard InChI is InChI=1S/C13H22N2O5S/c1-20-13(17)11-7-5-8-14(11)12(16)10-6-3-4-9-15(10)21(2,18)19/h10-11H,3-9H2,1-2H3. The lowest BCUT2D eigenvalue weighted by molar-refractivity contribution is -0.152. The number of hydrogen-bond donors (Lipinski definition) is 0. The number of piperidine rings is 1. The maximum Gasteiger partial charge on any atom is 0.328 e. The Labute approximate surface area is 125 Å². The summed E-state index contributed by atoms with van der Waals surface area (Å²) in [6, 6.07) is -1.26. The molecule has 0 aromatic rings. The van der Waals surface area contributed by atoms with Crippen molar-refractivity contribution in [2.24, 2.45) is 0 Å². The fourth-order valence-electron chi connectivity index (χ4n) is 3.15. The lowest BCUT2D eigenvalue weighted by Gasteiger charge is -2.36. The van der Waals surface area contributed by atoms with Gasteiger partial charge in [-0.3, -0.25) is 4.79 Å². The fourth-order valence-corrected chi connectivity index (χ4v) is 4.27. The van der Waals surface area contributed by atoms with Crippen molar-refractivity contribution in [3.8, 4) is 0 Å². The van der Waals surface area contributed by atoms with E-state index in [1.54, 1.807) is 0 Å². The first-order valence-electron chi connectivity index (χ1n) is 7.21. The van der Waals surface area contributed by atoms with Gasteiger partial charge in [-0.25, -0.2) is 13.2 Å². The first-order chi connectivity index (χ1) is 9.86. The molecule has 0 N–H and O–H groups in total. The number of carbonyl (C=O) groups excluding carboxylic acids is 2. The van der Waals surface area contributed by atoms with Gasteiger partial charge in [0, 0.05) is 13.1 Å². The molecular formula is C13H22N2O5S. The van der Waals surface area contributed by atoms with Gasteiger partial charge in [-0.1, -0.05) is 6.42 Å². The molecule has 8 heteroatoms. The number of sulfonamides is 1. The number of rotatable bonds is 3. The van der Waals surface area contributed by atoms with E-state index in [1.807, 2.05) is 0 Å². The minimum absolute atomic E-state index is 0.270. The Kier molecular flexibility index (Phi) is 4.88. The van der Waals surface area contributed by atoms with Crippen molar-refractivity contribution in [3.05, 3.63) is 0 Å². The van der Waals surface area contributed by atoms with E-state index in [9.17, 15) is 18.0 Å². The Morgan fingerprint density at radius 3 is 2.33 bits per heavy atom. The third kappa shape index (κ3) is 3.37. The van der Waals surface area contributed by atoms with Crippen molar-refractivity contribution in [3.63, 3.8) is 0 Å². The molecule has 7 nitrogen and oxygen atoms in total. The normalized spacial score (nSPS) is 27.6. The lowest BCUT2D eigenvalue weighted by Crippen LogP contribution is -2.54. The van der Waals surface area contributed by atoms with Crippen molar-refractivity contribution >= 4 is 21.9 Å². The van der Waals surface area contributed by atoms with Gasteiger partial charge in [-0.15, -0.1) is 0 Å². The van der Waals surface area contributed by atoms with Gasteiger partial charge >= 0.3 is 5.97 Å². The van der Waals surface area contributed by atoms with Crippen LogP contribution in [0.15, 0.2) is 0 Å². The fraction of sp³-hybridized carbons (Fsp3) is 0.846. The van der Waals surface area contributed by atoms with Gasteiger partial charge in [-0.05, 0) is 25.7 Å². The molecule has 0 saturated carbocycles. The summed E-state index contributed by atoms with van der Waals surface area (Å²) in [7, 11) is -2.12. The van der Waals surface area contributed by atoms with Gasteiger partial charge in [0.1, 0.15) is 12.1 Å². The molecule has 2 fully saturated rings. The molecule has 2 saturated heterocycles. The third-order valence-corrected chi connectivity index (χ3v) is 5.46. The van der Waals surface area contributed by atoms with Crippen molar-refractivity contribution < 1.29 is 22.7 Å².